The van der Waals surface area contributed by atoms with E-state index in [0.717, 1.165) is 18.2 Å². The van der Waals surface area contributed by atoms with Gasteiger partial charge in [-0.1, -0.05) is 19.3 Å². The lowest BCUT2D eigenvalue weighted by Gasteiger charge is -2.29. The van der Waals surface area contributed by atoms with Crippen LogP contribution in [0.25, 0.3) is 0 Å². The number of nitrogen functional groups attached to an aromatic ring is 1. The maximum atomic E-state index is 11.5. The molecule has 20 heavy (non-hydrogen) atoms. The molecule has 0 aliphatic heterocycles. The second-order valence-corrected chi connectivity index (χ2v) is 7.89. The van der Waals surface area contributed by atoms with Gasteiger partial charge in [0, 0.05) is 19.8 Å². The Morgan fingerprint density at radius 1 is 1.25 bits per heavy atom. The molecule has 1 aromatic rings. The summed E-state index contributed by atoms with van der Waals surface area (Å²) in [5.74, 6) is 0.725. The Morgan fingerprint density at radius 3 is 2.45 bits per heavy atom. The Balaban J connectivity index is 2.11. The van der Waals surface area contributed by atoms with Crippen molar-refractivity contribution >= 4 is 21.2 Å². The zero-order valence-electron chi connectivity index (χ0n) is 12.3. The van der Waals surface area contributed by atoms with Crippen LogP contribution >= 0.6 is 0 Å². The summed E-state index contributed by atoms with van der Waals surface area (Å²) in [5.41, 5.74) is 7.47. The molecular formula is C15H24N2O2S. The highest BCUT2D eigenvalue weighted by atomic mass is 32.2. The summed E-state index contributed by atoms with van der Waals surface area (Å²) in [4.78, 5) is 2.43. The summed E-state index contributed by atoms with van der Waals surface area (Å²) in [6, 6.07) is 5.01. The van der Waals surface area contributed by atoms with Gasteiger partial charge < -0.3 is 10.6 Å². The number of rotatable bonds is 4. The molecule has 1 aliphatic carbocycles. The second kappa shape index (κ2) is 6.04. The molecule has 5 heteroatoms. The van der Waals surface area contributed by atoms with Crippen LogP contribution in [0.15, 0.2) is 23.1 Å². The topological polar surface area (TPSA) is 63.4 Å². The zero-order chi connectivity index (χ0) is 14.8. The molecule has 1 aliphatic rings. The average molecular weight is 296 g/mol. The largest absolute Gasteiger partial charge is 0.397 e. The van der Waals surface area contributed by atoms with Crippen molar-refractivity contribution in [2.75, 3.05) is 30.5 Å². The quantitative estimate of drug-likeness (QED) is 0.868. The average Bonchev–Trinajstić information content (AvgIpc) is 2.38. The molecule has 0 aromatic heterocycles. The summed E-state index contributed by atoms with van der Waals surface area (Å²) in [5, 5.41) is 0. The van der Waals surface area contributed by atoms with Gasteiger partial charge in [0.15, 0.2) is 9.84 Å². The molecule has 1 saturated carbocycles. The molecule has 0 radical (unpaired) electrons. The first-order valence-corrected chi connectivity index (χ1v) is 9.08. The molecule has 1 fully saturated rings. The predicted molar refractivity (Wildman–Crippen MR) is 83.8 cm³/mol. The van der Waals surface area contributed by atoms with Crippen molar-refractivity contribution in [1.82, 2.24) is 0 Å². The monoisotopic (exact) mass is 296 g/mol. The Labute approximate surface area is 121 Å². The SMILES string of the molecule is CN(CC1CCCCC1)c1ccc(S(C)(=O)=O)cc1N. The van der Waals surface area contributed by atoms with E-state index in [1.54, 1.807) is 12.1 Å². The molecule has 0 spiro atoms. The summed E-state index contributed by atoms with van der Waals surface area (Å²) < 4.78 is 23.0. The lowest BCUT2D eigenvalue weighted by Crippen LogP contribution is -2.27. The number of anilines is 2. The lowest BCUT2D eigenvalue weighted by atomic mass is 9.89. The van der Waals surface area contributed by atoms with E-state index in [1.807, 2.05) is 13.1 Å². The van der Waals surface area contributed by atoms with Gasteiger partial charge in [-0.3, -0.25) is 0 Å². The van der Waals surface area contributed by atoms with E-state index < -0.39 is 9.84 Å². The minimum absolute atomic E-state index is 0.282. The van der Waals surface area contributed by atoms with Gasteiger partial charge in [-0.25, -0.2) is 8.42 Å². The van der Waals surface area contributed by atoms with Crippen molar-refractivity contribution in [2.24, 2.45) is 5.92 Å². The fourth-order valence-electron chi connectivity index (χ4n) is 2.97. The zero-order valence-corrected chi connectivity index (χ0v) is 13.1. The third-order valence-corrected chi connectivity index (χ3v) is 5.21. The van der Waals surface area contributed by atoms with E-state index in [1.165, 1.54) is 38.4 Å². The summed E-state index contributed by atoms with van der Waals surface area (Å²) >= 11 is 0. The van der Waals surface area contributed by atoms with Gasteiger partial charge in [-0.15, -0.1) is 0 Å². The van der Waals surface area contributed by atoms with Crippen LogP contribution in [0.1, 0.15) is 32.1 Å². The van der Waals surface area contributed by atoms with Crippen LogP contribution in [0.2, 0.25) is 0 Å². The van der Waals surface area contributed by atoms with Crippen LogP contribution in [0, 0.1) is 5.92 Å². The predicted octanol–water partition coefficient (Wildman–Crippen LogP) is 2.69. The first-order chi connectivity index (χ1) is 9.38. The van der Waals surface area contributed by atoms with Crippen molar-refractivity contribution in [3.8, 4) is 0 Å². The van der Waals surface area contributed by atoms with Gasteiger partial charge in [-0.05, 0) is 37.0 Å². The lowest BCUT2D eigenvalue weighted by molar-refractivity contribution is 0.362. The Hall–Kier alpha value is -1.23. The minimum Gasteiger partial charge on any atom is -0.397 e. The van der Waals surface area contributed by atoms with Gasteiger partial charge in [0.2, 0.25) is 0 Å². The number of nitrogens with two attached hydrogens (primary N) is 1. The van der Waals surface area contributed by atoms with E-state index in [4.69, 9.17) is 5.73 Å². The Kier molecular flexibility index (Phi) is 4.58. The molecule has 2 N–H and O–H groups in total. The number of benzene rings is 1. The Bertz CT molecular complexity index is 563. The van der Waals surface area contributed by atoms with Gasteiger partial charge in [0.05, 0.1) is 16.3 Å². The van der Waals surface area contributed by atoms with Crippen LogP contribution in [0.3, 0.4) is 0 Å². The molecule has 0 saturated heterocycles. The highest BCUT2D eigenvalue weighted by molar-refractivity contribution is 7.90. The number of hydrogen-bond donors (Lipinski definition) is 1. The van der Waals surface area contributed by atoms with E-state index in [9.17, 15) is 8.42 Å². The highest BCUT2D eigenvalue weighted by Gasteiger charge is 2.17. The summed E-state index contributed by atoms with van der Waals surface area (Å²) in [6.07, 6.45) is 7.76. The molecule has 0 heterocycles. The van der Waals surface area contributed by atoms with E-state index in [-0.39, 0.29) is 4.90 Å². The molecule has 1 aromatic carbocycles. The normalized spacial score (nSPS) is 17.1. The second-order valence-electron chi connectivity index (χ2n) is 5.88. The fraction of sp³-hybridized carbons (Fsp3) is 0.600. The van der Waals surface area contributed by atoms with Crippen molar-refractivity contribution in [1.29, 1.82) is 0 Å². The van der Waals surface area contributed by atoms with Crippen molar-refractivity contribution in [3.05, 3.63) is 18.2 Å². The van der Waals surface area contributed by atoms with Gasteiger partial charge in [-0.2, -0.15) is 0 Å². The molecule has 0 atom stereocenters. The van der Waals surface area contributed by atoms with Crippen LogP contribution in [0.5, 0.6) is 0 Å². The number of hydrogen-bond acceptors (Lipinski definition) is 4. The first kappa shape index (κ1) is 15.2. The highest BCUT2D eigenvalue weighted by Crippen LogP contribution is 2.29. The van der Waals surface area contributed by atoms with Crippen LogP contribution < -0.4 is 10.6 Å². The van der Waals surface area contributed by atoms with Crippen molar-refractivity contribution < 1.29 is 8.42 Å². The van der Waals surface area contributed by atoms with E-state index >= 15 is 0 Å². The standard InChI is InChI=1S/C15H24N2O2S/c1-17(11-12-6-4-3-5-7-12)15-9-8-13(10-14(15)16)20(2,18)19/h8-10,12H,3-7,11,16H2,1-2H3. The molecular weight excluding hydrogens is 272 g/mol. The molecule has 0 unspecified atom stereocenters. The van der Waals surface area contributed by atoms with Gasteiger partial charge in [0.1, 0.15) is 0 Å². The fourth-order valence-corrected chi connectivity index (χ4v) is 3.62. The minimum atomic E-state index is -3.19. The number of nitrogens with zero attached hydrogens (tertiary/aromatic N) is 1. The molecule has 0 amide bonds. The summed E-state index contributed by atoms with van der Waals surface area (Å²) in [7, 11) is -1.17. The molecule has 4 nitrogen and oxygen atoms in total. The summed E-state index contributed by atoms with van der Waals surface area (Å²) in [6.45, 7) is 0.989. The van der Waals surface area contributed by atoms with Crippen LogP contribution in [0.4, 0.5) is 11.4 Å². The Morgan fingerprint density at radius 2 is 1.90 bits per heavy atom. The molecule has 112 valence electrons. The van der Waals surface area contributed by atoms with Gasteiger partial charge >= 0.3 is 0 Å². The third-order valence-electron chi connectivity index (χ3n) is 4.10. The first-order valence-electron chi connectivity index (χ1n) is 7.18. The van der Waals surface area contributed by atoms with Crippen molar-refractivity contribution in [3.63, 3.8) is 0 Å². The van der Waals surface area contributed by atoms with Crippen LogP contribution in [-0.4, -0.2) is 28.3 Å². The maximum Gasteiger partial charge on any atom is 0.175 e. The van der Waals surface area contributed by atoms with Crippen molar-refractivity contribution in [2.45, 2.75) is 37.0 Å². The van der Waals surface area contributed by atoms with E-state index in [2.05, 4.69) is 4.90 Å². The third kappa shape index (κ3) is 3.66. The molecule has 0 bridgehead atoms. The van der Waals surface area contributed by atoms with Gasteiger partial charge in [0.25, 0.3) is 0 Å². The van der Waals surface area contributed by atoms with E-state index in [0.29, 0.717) is 5.69 Å². The smallest absolute Gasteiger partial charge is 0.175 e. The number of sulfone groups is 1. The maximum absolute atomic E-state index is 11.5. The molecule has 2 rings (SSSR count). The van der Waals surface area contributed by atoms with Crippen LogP contribution in [-0.2, 0) is 9.84 Å².